The van der Waals surface area contributed by atoms with Crippen LogP contribution in [0.2, 0.25) is 0 Å². The normalized spacial score (nSPS) is 14.6. The quantitative estimate of drug-likeness (QED) is 0.124. The molecule has 20 heteroatoms. The highest BCUT2D eigenvalue weighted by atomic mass is 19.4. The number of benzene rings is 3. The Hall–Kier alpha value is -6.83. The molecular formula is C36H33F3N2O15. The van der Waals surface area contributed by atoms with Crippen molar-refractivity contribution in [1.82, 2.24) is 10.6 Å². The van der Waals surface area contributed by atoms with E-state index in [9.17, 15) is 51.8 Å². The molecule has 1 amide bonds. The van der Waals surface area contributed by atoms with Gasteiger partial charge in [0.25, 0.3) is 5.91 Å². The highest BCUT2D eigenvalue weighted by Gasteiger charge is 2.38. The van der Waals surface area contributed by atoms with E-state index < -0.39 is 88.5 Å². The van der Waals surface area contributed by atoms with Gasteiger partial charge in [-0.3, -0.25) is 24.0 Å². The lowest BCUT2D eigenvalue weighted by atomic mass is 9.95. The van der Waals surface area contributed by atoms with Crippen molar-refractivity contribution < 1.29 is 85.4 Å². The summed E-state index contributed by atoms with van der Waals surface area (Å²) >= 11 is 0. The Morgan fingerprint density at radius 1 is 0.786 bits per heavy atom. The van der Waals surface area contributed by atoms with Crippen LogP contribution >= 0.6 is 0 Å². The number of carboxylic acids is 1. The van der Waals surface area contributed by atoms with Crippen LogP contribution in [0.15, 0.2) is 54.6 Å². The van der Waals surface area contributed by atoms with Gasteiger partial charge in [-0.05, 0) is 55.5 Å². The molecule has 0 bridgehead atoms. The summed E-state index contributed by atoms with van der Waals surface area (Å²) in [6, 6.07) is 10.9. The van der Waals surface area contributed by atoms with E-state index in [0.29, 0.717) is 0 Å². The molecule has 3 aromatic carbocycles. The standard InChI is InChI=1S/C34H32N2O13.C2HF3O2/c1-5-45-34(44)23-7-6-8-26(47-18(3)38)29(23)31(41)30-25(40)13-21(14-27(30)48-19(4)39)33(43)49-28-16-35-15-24(28)36-32(42)20-9-11-22(12-10-20)46-17(2)37;3-2(4,5)1(6)7/h6-14,24,28,35,40H,5,15-16H2,1-4H3,(H,36,42);(H,6,7)/t24-,28-;/m0./s1. The molecule has 0 aliphatic carbocycles. The highest BCUT2D eigenvalue weighted by molar-refractivity contribution is 6.19. The Balaban J connectivity index is 0.00000109. The monoisotopic (exact) mass is 790 g/mol. The minimum atomic E-state index is -5.08. The molecule has 1 aliphatic heterocycles. The number of hydrogen-bond acceptors (Lipinski definition) is 15. The number of hydrogen-bond donors (Lipinski definition) is 4. The number of ether oxygens (including phenoxy) is 5. The summed E-state index contributed by atoms with van der Waals surface area (Å²) < 4.78 is 57.7. The van der Waals surface area contributed by atoms with Crippen molar-refractivity contribution in [2.45, 2.75) is 46.0 Å². The summed E-state index contributed by atoms with van der Waals surface area (Å²) in [5.74, 6) is -9.94. The van der Waals surface area contributed by atoms with E-state index in [2.05, 4.69) is 10.6 Å². The van der Waals surface area contributed by atoms with Gasteiger partial charge in [-0.2, -0.15) is 13.2 Å². The minimum Gasteiger partial charge on any atom is -0.507 e. The van der Waals surface area contributed by atoms with Crippen molar-refractivity contribution in [3.8, 4) is 23.0 Å². The lowest BCUT2D eigenvalue weighted by Crippen LogP contribution is -2.44. The second-order valence-electron chi connectivity index (χ2n) is 11.4. The molecule has 1 fully saturated rings. The SMILES string of the molecule is CCOC(=O)c1cccc(OC(C)=O)c1C(=O)c1c(O)cc(C(=O)O[C@H]2CNC[C@@H]2NC(=O)c2ccc(OC(C)=O)cc2)cc1OC(C)=O.O=C(O)C(F)(F)F. The number of aromatic hydroxyl groups is 1. The number of carboxylic acid groups (broad SMARTS) is 1. The molecule has 0 aromatic heterocycles. The summed E-state index contributed by atoms with van der Waals surface area (Å²) in [4.78, 5) is 96.8. The van der Waals surface area contributed by atoms with E-state index in [1.165, 1.54) is 49.4 Å². The molecule has 17 nitrogen and oxygen atoms in total. The number of halogens is 3. The van der Waals surface area contributed by atoms with Crippen molar-refractivity contribution in [1.29, 1.82) is 0 Å². The van der Waals surface area contributed by atoms with E-state index in [-0.39, 0.29) is 47.9 Å². The van der Waals surface area contributed by atoms with Crippen molar-refractivity contribution in [3.05, 3.63) is 82.4 Å². The molecule has 1 heterocycles. The van der Waals surface area contributed by atoms with Crippen LogP contribution in [-0.4, -0.2) is 95.7 Å². The van der Waals surface area contributed by atoms with E-state index >= 15 is 0 Å². The maximum Gasteiger partial charge on any atom is 0.490 e. The molecule has 56 heavy (non-hydrogen) atoms. The molecule has 0 saturated carbocycles. The van der Waals surface area contributed by atoms with Crippen LogP contribution in [0.25, 0.3) is 0 Å². The predicted octanol–water partition coefficient (Wildman–Crippen LogP) is 3.14. The lowest BCUT2D eigenvalue weighted by Gasteiger charge is -2.21. The fourth-order valence-electron chi connectivity index (χ4n) is 4.91. The maximum atomic E-state index is 14.0. The highest BCUT2D eigenvalue weighted by Crippen LogP contribution is 2.36. The summed E-state index contributed by atoms with van der Waals surface area (Å²) in [5.41, 5.74) is -1.45. The molecule has 3 aromatic rings. The average Bonchev–Trinajstić information content (AvgIpc) is 3.53. The van der Waals surface area contributed by atoms with Gasteiger partial charge in [-0.15, -0.1) is 0 Å². The van der Waals surface area contributed by atoms with Gasteiger partial charge in [0.2, 0.25) is 5.78 Å². The zero-order valence-corrected chi connectivity index (χ0v) is 29.8. The van der Waals surface area contributed by atoms with E-state index in [0.717, 1.165) is 26.0 Å². The lowest BCUT2D eigenvalue weighted by molar-refractivity contribution is -0.192. The van der Waals surface area contributed by atoms with Crippen LogP contribution in [-0.2, 0) is 28.7 Å². The van der Waals surface area contributed by atoms with Gasteiger partial charge in [-0.25, -0.2) is 14.4 Å². The van der Waals surface area contributed by atoms with Crippen molar-refractivity contribution in [3.63, 3.8) is 0 Å². The Kier molecular flexibility index (Phi) is 14.8. The second kappa shape index (κ2) is 19.0. The number of nitrogens with one attached hydrogen (secondary N) is 2. The third kappa shape index (κ3) is 11.8. The summed E-state index contributed by atoms with van der Waals surface area (Å²) in [7, 11) is 0. The first-order valence-electron chi connectivity index (χ1n) is 16.1. The number of alkyl halides is 3. The van der Waals surface area contributed by atoms with Crippen LogP contribution in [0.4, 0.5) is 13.2 Å². The zero-order valence-electron chi connectivity index (χ0n) is 29.8. The zero-order chi connectivity index (χ0) is 41.9. The average molecular weight is 791 g/mol. The first-order chi connectivity index (χ1) is 26.2. The van der Waals surface area contributed by atoms with Gasteiger partial charge in [0, 0.05) is 39.4 Å². The Labute approximate surface area is 314 Å². The summed E-state index contributed by atoms with van der Waals surface area (Å²) in [6.45, 7) is 5.25. The fraction of sp³-hybridized carbons (Fsp3) is 0.278. The van der Waals surface area contributed by atoms with E-state index in [1.54, 1.807) is 6.92 Å². The number of carbonyl (C=O) groups excluding carboxylic acids is 7. The third-order valence-corrected chi connectivity index (χ3v) is 7.15. The summed E-state index contributed by atoms with van der Waals surface area (Å²) in [5, 5.41) is 24.0. The Bertz CT molecular complexity index is 2030. The number of ketones is 1. The predicted molar refractivity (Wildman–Crippen MR) is 181 cm³/mol. The topological polar surface area (TPSA) is 247 Å². The first-order valence-corrected chi connectivity index (χ1v) is 16.1. The van der Waals surface area contributed by atoms with Gasteiger partial charge < -0.3 is 44.5 Å². The largest absolute Gasteiger partial charge is 0.507 e. The second-order valence-corrected chi connectivity index (χ2v) is 11.4. The molecule has 4 N–H and O–H groups in total. The first kappa shape index (κ1) is 43.6. The molecule has 298 valence electrons. The van der Waals surface area contributed by atoms with Crippen molar-refractivity contribution in [2.75, 3.05) is 19.7 Å². The third-order valence-electron chi connectivity index (χ3n) is 7.15. The molecule has 0 unspecified atom stereocenters. The number of rotatable bonds is 11. The van der Waals surface area contributed by atoms with E-state index in [1.807, 2.05) is 0 Å². The van der Waals surface area contributed by atoms with Crippen LogP contribution in [0, 0.1) is 0 Å². The molecule has 2 atom stereocenters. The van der Waals surface area contributed by atoms with Crippen LogP contribution in [0.5, 0.6) is 23.0 Å². The van der Waals surface area contributed by atoms with Gasteiger partial charge >= 0.3 is 42.0 Å². The smallest absolute Gasteiger partial charge is 0.490 e. The number of phenols is 1. The van der Waals surface area contributed by atoms with Crippen LogP contribution < -0.4 is 24.8 Å². The number of aliphatic carboxylic acids is 1. The molecule has 0 radical (unpaired) electrons. The van der Waals surface area contributed by atoms with Crippen LogP contribution in [0.1, 0.15) is 74.7 Å². The Morgan fingerprint density at radius 3 is 1.93 bits per heavy atom. The minimum absolute atomic E-state index is 0.0448. The van der Waals surface area contributed by atoms with Gasteiger partial charge in [-0.1, -0.05) is 6.07 Å². The molecule has 1 aliphatic rings. The van der Waals surface area contributed by atoms with Gasteiger partial charge in [0.1, 0.15) is 34.7 Å². The van der Waals surface area contributed by atoms with Gasteiger partial charge in [0.15, 0.2) is 0 Å². The molecular weight excluding hydrogens is 757 g/mol. The number of carbonyl (C=O) groups is 8. The molecule has 1 saturated heterocycles. The van der Waals surface area contributed by atoms with Gasteiger partial charge in [0.05, 0.1) is 29.3 Å². The van der Waals surface area contributed by atoms with Crippen LogP contribution in [0.3, 0.4) is 0 Å². The van der Waals surface area contributed by atoms with E-state index in [4.69, 9.17) is 33.6 Å². The van der Waals surface area contributed by atoms with Crippen molar-refractivity contribution in [2.24, 2.45) is 0 Å². The maximum absolute atomic E-state index is 14.0. The Morgan fingerprint density at radius 2 is 1.38 bits per heavy atom. The number of amides is 1. The fourth-order valence-corrected chi connectivity index (χ4v) is 4.91. The van der Waals surface area contributed by atoms with Crippen molar-refractivity contribution >= 4 is 47.5 Å². The molecule has 0 spiro atoms. The number of phenolic OH excluding ortho intramolecular Hbond substituents is 1. The number of esters is 5. The molecule has 4 rings (SSSR count). The summed E-state index contributed by atoms with van der Waals surface area (Å²) in [6.07, 6.45) is -5.96.